The van der Waals surface area contributed by atoms with Crippen molar-refractivity contribution in [2.75, 3.05) is 31.1 Å². The molecule has 0 spiro atoms. The van der Waals surface area contributed by atoms with Gasteiger partial charge >= 0.3 is 0 Å². The van der Waals surface area contributed by atoms with Gasteiger partial charge in [-0.15, -0.1) is 5.10 Å². The van der Waals surface area contributed by atoms with Crippen LogP contribution in [0.2, 0.25) is 0 Å². The maximum absolute atomic E-state index is 5.61. The highest BCUT2D eigenvalue weighted by atomic mass is 32.1. The van der Waals surface area contributed by atoms with Crippen LogP contribution >= 0.6 is 12.2 Å². The third-order valence-corrected chi connectivity index (χ3v) is 4.49. The van der Waals surface area contributed by atoms with Crippen molar-refractivity contribution < 1.29 is 4.42 Å². The van der Waals surface area contributed by atoms with E-state index >= 15 is 0 Å². The molecule has 8 heteroatoms. The predicted octanol–water partition coefficient (Wildman–Crippen LogP) is 2.44. The van der Waals surface area contributed by atoms with Gasteiger partial charge in [0, 0.05) is 44.8 Å². The van der Waals surface area contributed by atoms with E-state index < -0.39 is 0 Å². The van der Waals surface area contributed by atoms with Crippen LogP contribution in [0, 0.1) is 4.84 Å². The Labute approximate surface area is 150 Å². The Morgan fingerprint density at radius 1 is 1.04 bits per heavy atom. The Morgan fingerprint density at radius 2 is 1.92 bits per heavy atom. The fourth-order valence-electron chi connectivity index (χ4n) is 2.85. The van der Waals surface area contributed by atoms with E-state index in [1.807, 2.05) is 36.5 Å². The van der Waals surface area contributed by atoms with E-state index in [0.717, 1.165) is 37.6 Å². The van der Waals surface area contributed by atoms with Gasteiger partial charge in [-0.3, -0.25) is 9.88 Å². The molecule has 3 aromatic rings. The minimum atomic E-state index is 0.381. The number of pyridine rings is 2. The fourth-order valence-corrected chi connectivity index (χ4v) is 3.03. The zero-order valence-electron chi connectivity index (χ0n) is 13.7. The second-order valence-corrected chi connectivity index (χ2v) is 6.20. The molecule has 0 bridgehead atoms. The molecule has 1 aliphatic heterocycles. The molecule has 128 valence electrons. The number of piperazine rings is 1. The summed E-state index contributed by atoms with van der Waals surface area (Å²) in [7, 11) is 0. The molecule has 0 aliphatic carbocycles. The summed E-state index contributed by atoms with van der Waals surface area (Å²) in [6.45, 7) is 4.33. The first kappa shape index (κ1) is 15.9. The molecular formula is C17H18N6OS. The van der Waals surface area contributed by atoms with Crippen LogP contribution in [-0.4, -0.2) is 50.8 Å². The summed E-state index contributed by atoms with van der Waals surface area (Å²) in [6.07, 6.45) is 5.27. The first-order chi connectivity index (χ1) is 12.3. The fraction of sp³-hybridized carbons (Fsp3) is 0.294. The van der Waals surface area contributed by atoms with Crippen LogP contribution in [0.1, 0.15) is 0 Å². The second kappa shape index (κ2) is 7.12. The molecule has 0 radical (unpaired) electrons. The average Bonchev–Trinajstić information content (AvgIpc) is 3.04. The Bertz CT molecular complexity index is 871. The van der Waals surface area contributed by atoms with Crippen LogP contribution in [-0.2, 0) is 6.67 Å². The first-order valence-electron chi connectivity index (χ1n) is 8.16. The number of rotatable bonds is 4. The van der Waals surface area contributed by atoms with Gasteiger partial charge in [0.15, 0.2) is 0 Å². The minimum absolute atomic E-state index is 0.381. The van der Waals surface area contributed by atoms with Crippen molar-refractivity contribution in [1.29, 1.82) is 0 Å². The molecule has 1 saturated heterocycles. The maximum Gasteiger partial charge on any atom is 0.288 e. The van der Waals surface area contributed by atoms with Gasteiger partial charge < -0.3 is 9.32 Å². The number of hydrogen-bond donors (Lipinski definition) is 0. The molecule has 0 amide bonds. The van der Waals surface area contributed by atoms with Gasteiger partial charge in [0.05, 0.1) is 12.2 Å². The largest absolute Gasteiger partial charge is 0.409 e. The highest BCUT2D eigenvalue weighted by Crippen LogP contribution is 2.17. The van der Waals surface area contributed by atoms with Crippen molar-refractivity contribution in [1.82, 2.24) is 24.6 Å². The van der Waals surface area contributed by atoms with Gasteiger partial charge in [-0.05, 0) is 36.5 Å². The van der Waals surface area contributed by atoms with E-state index in [1.165, 1.54) is 0 Å². The molecule has 0 saturated carbocycles. The lowest BCUT2D eigenvalue weighted by Crippen LogP contribution is -2.47. The van der Waals surface area contributed by atoms with Crippen LogP contribution in [0.3, 0.4) is 0 Å². The highest BCUT2D eigenvalue weighted by molar-refractivity contribution is 7.71. The number of hydrogen-bond acceptors (Lipinski definition) is 7. The monoisotopic (exact) mass is 354 g/mol. The molecule has 3 aromatic heterocycles. The molecule has 25 heavy (non-hydrogen) atoms. The summed E-state index contributed by atoms with van der Waals surface area (Å²) in [5.41, 5.74) is 0.826. The average molecular weight is 354 g/mol. The van der Waals surface area contributed by atoms with E-state index in [2.05, 4.69) is 24.9 Å². The van der Waals surface area contributed by atoms with Crippen molar-refractivity contribution in [3.8, 4) is 11.5 Å². The van der Waals surface area contributed by atoms with Gasteiger partial charge in [-0.1, -0.05) is 6.07 Å². The van der Waals surface area contributed by atoms with Crippen molar-refractivity contribution >= 4 is 18.0 Å². The number of nitrogens with zero attached hydrogens (tertiary/aromatic N) is 6. The molecule has 0 aromatic carbocycles. The van der Waals surface area contributed by atoms with E-state index in [9.17, 15) is 0 Å². The standard InChI is InChI=1S/C17H18N6OS/c25-17-23(20-16(24-17)14-4-3-6-18-12-14)13-21-8-10-22(11-9-21)15-5-1-2-7-19-15/h1-7,12H,8-11,13H2. The van der Waals surface area contributed by atoms with Crippen LogP contribution in [0.15, 0.2) is 53.3 Å². The van der Waals surface area contributed by atoms with E-state index in [-0.39, 0.29) is 0 Å². The van der Waals surface area contributed by atoms with E-state index in [0.29, 0.717) is 17.4 Å². The molecule has 0 unspecified atom stereocenters. The molecule has 4 rings (SSSR count). The van der Waals surface area contributed by atoms with Gasteiger partial charge in [0.25, 0.3) is 4.84 Å². The highest BCUT2D eigenvalue weighted by Gasteiger charge is 2.19. The summed E-state index contributed by atoms with van der Waals surface area (Å²) < 4.78 is 7.34. The summed E-state index contributed by atoms with van der Waals surface area (Å²) in [6, 6.07) is 9.76. The molecule has 4 heterocycles. The molecule has 1 aliphatic rings. The SMILES string of the molecule is S=c1oc(-c2cccnc2)nn1CN1CCN(c2ccccn2)CC1. The predicted molar refractivity (Wildman–Crippen MR) is 96.6 cm³/mol. The topological polar surface area (TPSA) is 63.2 Å². The number of anilines is 1. The van der Waals surface area contributed by atoms with Crippen LogP contribution in [0.25, 0.3) is 11.5 Å². The zero-order valence-corrected chi connectivity index (χ0v) is 14.5. The van der Waals surface area contributed by atoms with Gasteiger partial charge in [0.1, 0.15) is 5.82 Å². The smallest absolute Gasteiger partial charge is 0.288 e. The van der Waals surface area contributed by atoms with Crippen molar-refractivity contribution in [3.63, 3.8) is 0 Å². The summed E-state index contributed by atoms with van der Waals surface area (Å²) in [4.78, 5) is 13.5. The molecule has 0 N–H and O–H groups in total. The Balaban J connectivity index is 1.41. The van der Waals surface area contributed by atoms with Gasteiger partial charge in [-0.2, -0.15) is 0 Å². The minimum Gasteiger partial charge on any atom is -0.409 e. The Morgan fingerprint density at radius 3 is 2.64 bits per heavy atom. The maximum atomic E-state index is 5.61. The van der Waals surface area contributed by atoms with E-state index in [4.69, 9.17) is 16.6 Å². The molecule has 7 nitrogen and oxygen atoms in total. The van der Waals surface area contributed by atoms with Crippen molar-refractivity contribution in [3.05, 3.63) is 53.8 Å². The van der Waals surface area contributed by atoms with Crippen LogP contribution in [0.4, 0.5) is 5.82 Å². The second-order valence-electron chi connectivity index (χ2n) is 5.85. The summed E-state index contributed by atoms with van der Waals surface area (Å²) in [5.74, 6) is 1.53. The lowest BCUT2D eigenvalue weighted by Gasteiger charge is -2.34. The van der Waals surface area contributed by atoms with Crippen LogP contribution in [0.5, 0.6) is 0 Å². The normalized spacial score (nSPS) is 15.4. The lowest BCUT2D eigenvalue weighted by molar-refractivity contribution is 0.192. The van der Waals surface area contributed by atoms with Gasteiger partial charge in [0.2, 0.25) is 5.89 Å². The van der Waals surface area contributed by atoms with Crippen molar-refractivity contribution in [2.24, 2.45) is 0 Å². The third kappa shape index (κ3) is 3.59. The van der Waals surface area contributed by atoms with Crippen LogP contribution < -0.4 is 4.90 Å². The molecule has 0 atom stereocenters. The van der Waals surface area contributed by atoms with E-state index in [1.54, 1.807) is 17.1 Å². The number of aromatic nitrogens is 4. The van der Waals surface area contributed by atoms with Gasteiger partial charge in [-0.25, -0.2) is 9.67 Å². The third-order valence-electron chi connectivity index (χ3n) is 4.19. The molecular weight excluding hydrogens is 336 g/mol. The summed E-state index contributed by atoms with van der Waals surface area (Å²) in [5, 5.41) is 4.49. The first-order valence-corrected chi connectivity index (χ1v) is 8.57. The quantitative estimate of drug-likeness (QED) is 0.667. The zero-order chi connectivity index (χ0) is 17.1. The summed E-state index contributed by atoms with van der Waals surface area (Å²) >= 11 is 5.31. The van der Waals surface area contributed by atoms with Crippen molar-refractivity contribution in [2.45, 2.75) is 6.67 Å². The molecule has 1 fully saturated rings. The Kier molecular flexibility index (Phi) is 4.53. The Hall–Kier alpha value is -2.58. The lowest BCUT2D eigenvalue weighted by atomic mass is 10.3.